The molecule has 156 valence electrons. The molecule has 0 saturated carbocycles. The number of hydrogen-bond acceptors (Lipinski definition) is 7. The maximum absolute atomic E-state index is 11.2. The van der Waals surface area contributed by atoms with Gasteiger partial charge in [0.15, 0.2) is 5.16 Å². The molecule has 0 bridgehead atoms. The number of ether oxygens (including phenoxy) is 1. The van der Waals surface area contributed by atoms with Gasteiger partial charge < -0.3 is 4.74 Å². The first-order chi connectivity index (χ1) is 15.0. The minimum absolute atomic E-state index is 0.0203. The lowest BCUT2D eigenvalue weighted by Crippen LogP contribution is -2.00. The smallest absolute Gasteiger partial charge is 0.271 e. The quantitative estimate of drug-likeness (QED) is 0.224. The Kier molecular flexibility index (Phi) is 5.54. The number of nitrogens with zero attached hydrogens (tertiary/aromatic N) is 4. The molecule has 1 heterocycles. The highest BCUT2D eigenvalue weighted by Crippen LogP contribution is 2.35. The van der Waals surface area contributed by atoms with Gasteiger partial charge in [0.25, 0.3) is 11.4 Å². The number of imidazole rings is 1. The Balaban J connectivity index is 1.80. The van der Waals surface area contributed by atoms with Gasteiger partial charge in [0.2, 0.25) is 0 Å². The zero-order valence-corrected chi connectivity index (χ0v) is 17.1. The van der Waals surface area contributed by atoms with Gasteiger partial charge in [0.1, 0.15) is 5.75 Å². The summed E-state index contributed by atoms with van der Waals surface area (Å²) in [7, 11) is 1.57. The highest BCUT2D eigenvalue weighted by molar-refractivity contribution is 7.98. The van der Waals surface area contributed by atoms with Gasteiger partial charge in [-0.3, -0.25) is 24.8 Å². The first-order valence-electron chi connectivity index (χ1n) is 9.14. The van der Waals surface area contributed by atoms with E-state index in [2.05, 4.69) is 4.98 Å². The van der Waals surface area contributed by atoms with Crippen LogP contribution in [0.1, 0.15) is 5.56 Å². The van der Waals surface area contributed by atoms with E-state index < -0.39 is 9.85 Å². The Morgan fingerprint density at radius 2 is 1.71 bits per heavy atom. The van der Waals surface area contributed by atoms with Crippen LogP contribution >= 0.6 is 11.8 Å². The van der Waals surface area contributed by atoms with Crippen LogP contribution < -0.4 is 4.74 Å². The summed E-state index contributed by atoms with van der Waals surface area (Å²) in [4.78, 5) is 26.0. The van der Waals surface area contributed by atoms with Crippen LogP contribution in [0.2, 0.25) is 0 Å². The third kappa shape index (κ3) is 4.05. The van der Waals surface area contributed by atoms with Crippen LogP contribution in [-0.2, 0) is 5.75 Å². The average molecular weight is 436 g/mol. The van der Waals surface area contributed by atoms with Gasteiger partial charge in [0, 0.05) is 30.0 Å². The third-order valence-corrected chi connectivity index (χ3v) is 5.64. The number of non-ortho nitro benzene ring substituents is 2. The van der Waals surface area contributed by atoms with Crippen LogP contribution in [-0.4, -0.2) is 26.5 Å². The summed E-state index contributed by atoms with van der Waals surface area (Å²) in [5, 5.41) is 22.8. The van der Waals surface area contributed by atoms with E-state index in [4.69, 9.17) is 4.74 Å². The molecule has 4 aromatic rings. The molecule has 9 nitrogen and oxygen atoms in total. The van der Waals surface area contributed by atoms with Gasteiger partial charge in [-0.2, -0.15) is 0 Å². The van der Waals surface area contributed by atoms with Crippen molar-refractivity contribution in [2.45, 2.75) is 10.9 Å². The third-order valence-electron chi connectivity index (χ3n) is 4.63. The number of rotatable bonds is 7. The normalized spacial score (nSPS) is 10.9. The van der Waals surface area contributed by atoms with Gasteiger partial charge in [-0.15, -0.1) is 0 Å². The van der Waals surface area contributed by atoms with Crippen LogP contribution in [0.5, 0.6) is 5.75 Å². The molecule has 0 N–H and O–H groups in total. The van der Waals surface area contributed by atoms with Crippen molar-refractivity contribution in [3.63, 3.8) is 0 Å². The molecular formula is C21H16N4O5S. The molecule has 4 rings (SSSR count). The Labute approximate surface area is 180 Å². The summed E-state index contributed by atoms with van der Waals surface area (Å²) in [6.07, 6.45) is 0. The van der Waals surface area contributed by atoms with Gasteiger partial charge in [-0.1, -0.05) is 36.0 Å². The predicted molar refractivity (Wildman–Crippen MR) is 117 cm³/mol. The fraction of sp³-hybridized carbons (Fsp3) is 0.0952. The second-order valence-electron chi connectivity index (χ2n) is 6.55. The fourth-order valence-electron chi connectivity index (χ4n) is 3.21. The summed E-state index contributed by atoms with van der Waals surface area (Å²) < 4.78 is 7.37. The number of nitro benzene ring substituents is 2. The SMILES string of the molecule is COc1ccccc1-n1c(SCc2cccc([N+](=O)[O-])c2)nc2cc([N+](=O)[O-])ccc21. The lowest BCUT2D eigenvalue weighted by Gasteiger charge is -2.13. The van der Waals surface area contributed by atoms with Crippen LogP contribution in [0.3, 0.4) is 0 Å². The molecule has 0 aliphatic rings. The van der Waals surface area contributed by atoms with Gasteiger partial charge in [-0.05, 0) is 23.8 Å². The maximum atomic E-state index is 11.2. The van der Waals surface area contributed by atoms with E-state index in [1.54, 1.807) is 25.3 Å². The molecule has 0 fully saturated rings. The Morgan fingerprint density at radius 3 is 2.45 bits per heavy atom. The first kappa shape index (κ1) is 20.4. The summed E-state index contributed by atoms with van der Waals surface area (Å²) in [5.74, 6) is 1.06. The van der Waals surface area contributed by atoms with E-state index in [0.29, 0.717) is 27.7 Å². The lowest BCUT2D eigenvalue weighted by atomic mass is 10.2. The van der Waals surface area contributed by atoms with E-state index in [1.165, 1.54) is 36.0 Å². The van der Waals surface area contributed by atoms with Crippen LogP contribution in [0, 0.1) is 20.2 Å². The second-order valence-corrected chi connectivity index (χ2v) is 7.49. The van der Waals surface area contributed by atoms with Crippen LogP contribution in [0.15, 0.2) is 71.9 Å². The minimum atomic E-state index is -0.461. The number of benzene rings is 3. The van der Waals surface area contributed by atoms with Crippen molar-refractivity contribution < 1.29 is 14.6 Å². The summed E-state index contributed by atoms with van der Waals surface area (Å²) in [5.41, 5.74) is 2.64. The molecule has 0 saturated heterocycles. The Morgan fingerprint density at radius 1 is 0.968 bits per heavy atom. The standard InChI is InChI=1S/C21H16N4O5S/c1-30-20-8-3-2-7-19(20)23-18-10-9-16(25(28)29)12-17(18)22-21(23)31-13-14-5-4-6-15(11-14)24(26)27/h2-12H,13H2,1H3. The highest BCUT2D eigenvalue weighted by Gasteiger charge is 2.19. The van der Waals surface area contributed by atoms with Gasteiger partial charge >= 0.3 is 0 Å². The molecular weight excluding hydrogens is 420 g/mol. The first-order valence-corrected chi connectivity index (χ1v) is 10.1. The van der Waals surface area contributed by atoms with Crippen LogP contribution in [0.4, 0.5) is 11.4 Å². The van der Waals surface area contributed by atoms with Gasteiger partial charge in [-0.25, -0.2) is 4.98 Å². The number of fused-ring (bicyclic) bond motifs is 1. The summed E-state index contributed by atoms with van der Waals surface area (Å²) >= 11 is 1.38. The Hall–Kier alpha value is -3.92. The summed E-state index contributed by atoms with van der Waals surface area (Å²) in [6, 6.07) is 18.3. The predicted octanol–water partition coefficient (Wildman–Crippen LogP) is 5.14. The topological polar surface area (TPSA) is 113 Å². The van der Waals surface area contributed by atoms with Crippen molar-refractivity contribution in [1.82, 2.24) is 9.55 Å². The molecule has 0 unspecified atom stereocenters. The minimum Gasteiger partial charge on any atom is -0.495 e. The largest absolute Gasteiger partial charge is 0.495 e. The molecule has 0 aliphatic heterocycles. The molecule has 0 spiro atoms. The molecule has 1 aromatic heterocycles. The molecule has 10 heteroatoms. The fourth-order valence-corrected chi connectivity index (χ4v) is 4.18. The van der Waals surface area contributed by atoms with Crippen molar-refractivity contribution in [1.29, 1.82) is 0 Å². The molecule has 0 aliphatic carbocycles. The van der Waals surface area contributed by atoms with Crippen molar-refractivity contribution in [3.8, 4) is 11.4 Å². The number of methoxy groups -OCH3 is 1. The van der Waals surface area contributed by atoms with Crippen molar-refractivity contribution >= 4 is 34.2 Å². The number of aromatic nitrogens is 2. The van der Waals surface area contributed by atoms with Crippen LogP contribution in [0.25, 0.3) is 16.7 Å². The van der Waals surface area contributed by atoms with E-state index >= 15 is 0 Å². The highest BCUT2D eigenvalue weighted by atomic mass is 32.2. The Bertz CT molecular complexity index is 1300. The molecule has 31 heavy (non-hydrogen) atoms. The molecule has 3 aromatic carbocycles. The number of nitro groups is 2. The summed E-state index contributed by atoms with van der Waals surface area (Å²) in [6.45, 7) is 0. The van der Waals surface area contributed by atoms with E-state index in [0.717, 1.165) is 11.3 Å². The molecule has 0 atom stereocenters. The zero-order chi connectivity index (χ0) is 22.0. The second kappa shape index (κ2) is 8.44. The van der Waals surface area contributed by atoms with E-state index in [1.807, 2.05) is 28.8 Å². The van der Waals surface area contributed by atoms with E-state index in [-0.39, 0.29) is 11.4 Å². The van der Waals surface area contributed by atoms with Crippen molar-refractivity contribution in [2.24, 2.45) is 0 Å². The molecule has 0 radical (unpaired) electrons. The number of thioether (sulfide) groups is 1. The van der Waals surface area contributed by atoms with Crippen molar-refractivity contribution in [3.05, 3.63) is 92.5 Å². The number of hydrogen-bond donors (Lipinski definition) is 0. The zero-order valence-electron chi connectivity index (χ0n) is 16.3. The maximum Gasteiger partial charge on any atom is 0.271 e. The van der Waals surface area contributed by atoms with E-state index in [9.17, 15) is 20.2 Å². The van der Waals surface area contributed by atoms with Crippen molar-refractivity contribution in [2.75, 3.05) is 7.11 Å². The van der Waals surface area contributed by atoms with Gasteiger partial charge in [0.05, 0.1) is 33.7 Å². The average Bonchev–Trinajstić information content (AvgIpc) is 3.15. The monoisotopic (exact) mass is 436 g/mol. The molecule has 0 amide bonds. The number of para-hydroxylation sites is 2. The lowest BCUT2D eigenvalue weighted by molar-refractivity contribution is -0.385.